The van der Waals surface area contributed by atoms with Gasteiger partial charge in [-0.1, -0.05) is 39.0 Å². The van der Waals surface area contributed by atoms with Gasteiger partial charge in [0.05, 0.1) is 0 Å². The molecule has 2 atom stereocenters. The molecule has 0 aliphatic carbocycles. The van der Waals surface area contributed by atoms with Gasteiger partial charge in [-0.2, -0.15) is 0 Å². The number of hydrogen-bond acceptors (Lipinski definition) is 9. The first kappa shape index (κ1) is 28.5. The third-order valence-electron chi connectivity index (χ3n) is 4.26. The van der Waals surface area contributed by atoms with Crippen molar-refractivity contribution < 1.29 is 43.9 Å². The molecule has 0 saturated heterocycles. The summed E-state index contributed by atoms with van der Waals surface area (Å²) in [5.41, 5.74) is -0.247. The summed E-state index contributed by atoms with van der Waals surface area (Å²) in [6.07, 6.45) is 1.02. The molecule has 9 heteroatoms. The molecule has 0 aromatic rings. The Balaban J connectivity index is 6.03. The second-order valence-corrected chi connectivity index (χ2v) is 7.45. The number of aliphatic hydroxyl groups is 3. The molecule has 0 aliphatic heterocycles. The summed E-state index contributed by atoms with van der Waals surface area (Å²) in [7, 11) is 0. The molecule has 0 fully saturated rings. The van der Waals surface area contributed by atoms with Crippen molar-refractivity contribution in [1.82, 2.24) is 0 Å². The lowest BCUT2D eigenvalue weighted by Crippen LogP contribution is -2.56. The van der Waals surface area contributed by atoms with Crippen LogP contribution in [0.3, 0.4) is 0 Å². The van der Waals surface area contributed by atoms with Gasteiger partial charge in [0.25, 0.3) is 0 Å². The molecule has 0 radical (unpaired) electrons. The van der Waals surface area contributed by atoms with E-state index in [2.05, 4.69) is 19.7 Å². The summed E-state index contributed by atoms with van der Waals surface area (Å²) >= 11 is 0. The van der Waals surface area contributed by atoms with Crippen molar-refractivity contribution >= 4 is 17.9 Å². The number of hydrogen-bond donors (Lipinski definition) is 3. The minimum Gasteiger partial charge on any atom is -0.447 e. The van der Waals surface area contributed by atoms with Crippen molar-refractivity contribution in [3.63, 3.8) is 0 Å². The first-order valence-electron chi connectivity index (χ1n) is 9.97. The average molecular weight is 443 g/mol. The summed E-state index contributed by atoms with van der Waals surface area (Å²) in [5, 5.41) is 29.9. The van der Waals surface area contributed by atoms with Crippen LogP contribution in [-0.4, -0.2) is 58.5 Å². The molecule has 0 bridgehead atoms. The van der Waals surface area contributed by atoms with E-state index in [-0.39, 0.29) is 29.7 Å². The van der Waals surface area contributed by atoms with E-state index in [4.69, 9.17) is 19.3 Å². The smallest absolute Gasteiger partial charge is 0.413 e. The van der Waals surface area contributed by atoms with Gasteiger partial charge in [-0.15, -0.1) is 0 Å². The number of aliphatic hydroxyl groups excluding tert-OH is 2. The van der Waals surface area contributed by atoms with Crippen molar-refractivity contribution in [3.05, 3.63) is 36.5 Å². The van der Waals surface area contributed by atoms with Gasteiger partial charge in [0.15, 0.2) is 0 Å². The molecule has 0 aromatic carbocycles. The van der Waals surface area contributed by atoms with Crippen molar-refractivity contribution in [2.75, 3.05) is 13.2 Å². The fourth-order valence-corrected chi connectivity index (χ4v) is 2.47. The Hall–Kier alpha value is -2.49. The monoisotopic (exact) mass is 442 g/mol. The zero-order chi connectivity index (χ0) is 24.2. The van der Waals surface area contributed by atoms with E-state index >= 15 is 0 Å². The van der Waals surface area contributed by atoms with Crippen LogP contribution < -0.4 is 0 Å². The Morgan fingerprint density at radius 1 is 0.806 bits per heavy atom. The van der Waals surface area contributed by atoms with E-state index in [9.17, 15) is 24.6 Å². The highest BCUT2D eigenvalue weighted by Gasteiger charge is 2.52. The number of carbonyl (C=O) groups excluding carboxylic acids is 3. The topological polar surface area (TPSA) is 140 Å². The third-order valence-corrected chi connectivity index (χ3v) is 4.26. The van der Waals surface area contributed by atoms with Gasteiger partial charge in [-0.3, -0.25) is 0 Å². The lowest BCUT2D eigenvalue weighted by Gasteiger charge is -2.37. The summed E-state index contributed by atoms with van der Waals surface area (Å²) in [6, 6.07) is 0. The summed E-state index contributed by atoms with van der Waals surface area (Å²) < 4.78 is 15.2. The maximum absolute atomic E-state index is 12.2. The number of ether oxygens (including phenoxy) is 3. The van der Waals surface area contributed by atoms with Gasteiger partial charge in [0, 0.05) is 35.9 Å². The Kier molecular flexibility index (Phi) is 12.6. The fraction of sp³-hybridized carbons (Fsp3) is 0.591. The Labute approximate surface area is 183 Å². The molecule has 3 N–H and O–H groups in total. The van der Waals surface area contributed by atoms with Crippen LogP contribution in [0.1, 0.15) is 52.9 Å². The lowest BCUT2D eigenvalue weighted by molar-refractivity contribution is -0.367. The molecule has 0 saturated carbocycles. The highest BCUT2D eigenvalue weighted by molar-refractivity contribution is 5.89. The van der Waals surface area contributed by atoms with Crippen LogP contribution >= 0.6 is 0 Å². The molecule has 0 heterocycles. The van der Waals surface area contributed by atoms with Gasteiger partial charge >= 0.3 is 23.9 Å². The quantitative estimate of drug-likeness (QED) is 0.150. The minimum atomic E-state index is -3.05. The summed E-state index contributed by atoms with van der Waals surface area (Å²) in [6.45, 7) is 13.7. The standard InChI is InChI=1S/C22H34O9/c1-14(2)19(25)29-18(17(13-24)11-9-7-8-10-12-23)22(28,30-20(26)15(3)4)31-21(27)16(5)6/h17-18,23-24,28H,1,3,5,7-13H2,2,4,6H3. The van der Waals surface area contributed by atoms with Crippen molar-refractivity contribution in [2.24, 2.45) is 5.92 Å². The van der Waals surface area contributed by atoms with Crippen LogP contribution in [0.2, 0.25) is 0 Å². The molecule has 0 amide bonds. The Morgan fingerprint density at radius 3 is 1.65 bits per heavy atom. The highest BCUT2D eigenvalue weighted by Crippen LogP contribution is 2.30. The normalized spacial score (nSPS) is 13.0. The Bertz CT molecular complexity index is 652. The second-order valence-electron chi connectivity index (χ2n) is 7.45. The molecule has 31 heavy (non-hydrogen) atoms. The lowest BCUT2D eigenvalue weighted by atomic mass is 9.93. The first-order chi connectivity index (χ1) is 14.4. The van der Waals surface area contributed by atoms with Crippen LogP contribution in [0, 0.1) is 5.92 Å². The molecule has 0 rings (SSSR count). The highest BCUT2D eigenvalue weighted by atomic mass is 16.9. The number of carbonyl (C=O) groups is 3. The molecule has 9 nitrogen and oxygen atoms in total. The van der Waals surface area contributed by atoms with Crippen LogP contribution in [-0.2, 0) is 28.6 Å². The van der Waals surface area contributed by atoms with Crippen LogP contribution in [0.25, 0.3) is 0 Å². The van der Waals surface area contributed by atoms with E-state index in [0.29, 0.717) is 19.3 Å². The van der Waals surface area contributed by atoms with E-state index in [0.717, 1.165) is 6.42 Å². The SMILES string of the molecule is C=C(C)C(=O)OC(C(CO)CCCCCCO)C(O)(OC(=O)C(=C)C)OC(=O)C(=C)C. The van der Waals surface area contributed by atoms with Crippen LogP contribution in [0.4, 0.5) is 0 Å². The molecule has 0 spiro atoms. The van der Waals surface area contributed by atoms with E-state index in [1.807, 2.05) is 0 Å². The first-order valence-corrected chi connectivity index (χ1v) is 9.97. The molecule has 2 unspecified atom stereocenters. The maximum atomic E-state index is 12.2. The predicted molar refractivity (Wildman–Crippen MR) is 112 cm³/mol. The molecular formula is C22H34O9. The molecule has 0 aliphatic rings. The molecule has 176 valence electrons. The second kappa shape index (κ2) is 13.7. The average Bonchev–Trinajstić information content (AvgIpc) is 2.68. The largest absolute Gasteiger partial charge is 0.447 e. The van der Waals surface area contributed by atoms with Gasteiger partial charge in [0.1, 0.15) is 0 Å². The zero-order valence-electron chi connectivity index (χ0n) is 18.5. The third kappa shape index (κ3) is 9.91. The summed E-state index contributed by atoms with van der Waals surface area (Å²) in [4.78, 5) is 36.5. The minimum absolute atomic E-state index is 0.0237. The van der Waals surface area contributed by atoms with Crippen molar-refractivity contribution in [2.45, 2.75) is 65.0 Å². The van der Waals surface area contributed by atoms with Crippen LogP contribution in [0.5, 0.6) is 0 Å². The van der Waals surface area contributed by atoms with E-state index < -0.39 is 42.5 Å². The zero-order valence-corrected chi connectivity index (χ0v) is 18.5. The van der Waals surface area contributed by atoms with Gasteiger partial charge in [0.2, 0.25) is 6.10 Å². The number of esters is 3. The maximum Gasteiger partial charge on any atom is 0.413 e. The van der Waals surface area contributed by atoms with Gasteiger partial charge in [-0.25, -0.2) is 14.4 Å². The predicted octanol–water partition coefficient (Wildman–Crippen LogP) is 1.91. The summed E-state index contributed by atoms with van der Waals surface area (Å²) in [5.74, 6) is -7.16. The van der Waals surface area contributed by atoms with Crippen LogP contribution in [0.15, 0.2) is 36.5 Å². The fourth-order valence-electron chi connectivity index (χ4n) is 2.47. The molecule has 0 aromatic heterocycles. The van der Waals surface area contributed by atoms with Crippen molar-refractivity contribution in [3.8, 4) is 0 Å². The number of unbranched alkanes of at least 4 members (excludes halogenated alkanes) is 3. The Morgan fingerprint density at radius 2 is 1.26 bits per heavy atom. The van der Waals surface area contributed by atoms with Gasteiger partial charge < -0.3 is 29.5 Å². The van der Waals surface area contributed by atoms with E-state index in [1.54, 1.807) is 0 Å². The number of rotatable bonds is 15. The molecular weight excluding hydrogens is 408 g/mol. The van der Waals surface area contributed by atoms with E-state index in [1.165, 1.54) is 20.8 Å². The van der Waals surface area contributed by atoms with Crippen molar-refractivity contribution in [1.29, 1.82) is 0 Å². The van der Waals surface area contributed by atoms with Gasteiger partial charge in [-0.05, 0) is 33.6 Å².